The Labute approximate surface area is 141 Å². The second kappa shape index (κ2) is 6.16. The molecule has 0 bridgehead atoms. The van der Waals surface area contributed by atoms with Gasteiger partial charge in [0, 0.05) is 30.5 Å². The Morgan fingerprint density at radius 3 is 1.96 bits per heavy atom. The molecule has 0 aliphatic carbocycles. The lowest BCUT2D eigenvalue weighted by atomic mass is 9.97. The fourth-order valence-electron chi connectivity index (χ4n) is 2.95. The molecule has 0 aliphatic rings. The van der Waals surface area contributed by atoms with Crippen LogP contribution in [0.3, 0.4) is 0 Å². The van der Waals surface area contributed by atoms with E-state index in [-0.39, 0.29) is 6.04 Å². The van der Waals surface area contributed by atoms with Gasteiger partial charge in [-0.1, -0.05) is 42.0 Å². The van der Waals surface area contributed by atoms with Gasteiger partial charge in [-0.05, 0) is 30.2 Å². The van der Waals surface area contributed by atoms with Gasteiger partial charge in [0.2, 0.25) is 0 Å². The molecule has 0 fully saturated rings. The summed E-state index contributed by atoms with van der Waals surface area (Å²) in [4.78, 5) is 8.32. The third-order valence-corrected chi connectivity index (χ3v) is 4.23. The van der Waals surface area contributed by atoms with E-state index >= 15 is 0 Å². The maximum atomic E-state index is 4.22. The molecule has 4 aromatic rings. The van der Waals surface area contributed by atoms with Gasteiger partial charge in [0.05, 0.1) is 18.7 Å². The summed E-state index contributed by atoms with van der Waals surface area (Å²) in [5.74, 6) is 0. The molecule has 4 nitrogen and oxygen atoms in total. The first-order chi connectivity index (χ1) is 11.8. The largest absolute Gasteiger partial charge is 0.326 e. The number of nitrogens with zero attached hydrogens (tertiary/aromatic N) is 4. The Balaban J connectivity index is 1.75. The van der Waals surface area contributed by atoms with Crippen LogP contribution < -0.4 is 0 Å². The molecule has 1 unspecified atom stereocenters. The molecule has 0 spiro atoms. The molecule has 0 N–H and O–H groups in total. The van der Waals surface area contributed by atoms with Gasteiger partial charge in [-0.15, -0.1) is 0 Å². The monoisotopic (exact) mass is 314 g/mol. The van der Waals surface area contributed by atoms with Crippen LogP contribution in [0.15, 0.2) is 86.0 Å². The van der Waals surface area contributed by atoms with E-state index in [1.807, 2.05) is 35.8 Å². The predicted octanol–water partition coefficient (Wildman–Crippen LogP) is 4.01. The zero-order chi connectivity index (χ0) is 16.4. The molecular weight excluding hydrogens is 296 g/mol. The zero-order valence-electron chi connectivity index (χ0n) is 13.4. The number of hydrogen-bond acceptors (Lipinski definition) is 2. The molecule has 0 amide bonds. The summed E-state index contributed by atoms with van der Waals surface area (Å²) in [6, 6.07) is 17.4. The highest BCUT2D eigenvalue weighted by Crippen LogP contribution is 2.27. The molecule has 4 rings (SSSR count). The number of aromatic nitrogens is 4. The molecule has 0 saturated carbocycles. The second-order valence-corrected chi connectivity index (χ2v) is 5.88. The zero-order valence-corrected chi connectivity index (χ0v) is 13.4. The fourth-order valence-corrected chi connectivity index (χ4v) is 2.95. The van der Waals surface area contributed by atoms with Crippen LogP contribution in [0.2, 0.25) is 0 Å². The second-order valence-electron chi connectivity index (χ2n) is 5.88. The van der Waals surface area contributed by atoms with Crippen molar-refractivity contribution in [2.75, 3.05) is 0 Å². The van der Waals surface area contributed by atoms with E-state index in [1.165, 1.54) is 16.7 Å². The first-order valence-corrected chi connectivity index (χ1v) is 7.93. The summed E-state index contributed by atoms with van der Waals surface area (Å²) < 4.78 is 4.14. The Morgan fingerprint density at radius 1 is 0.750 bits per heavy atom. The van der Waals surface area contributed by atoms with Crippen LogP contribution >= 0.6 is 0 Å². The van der Waals surface area contributed by atoms with Gasteiger partial charge >= 0.3 is 0 Å². The van der Waals surface area contributed by atoms with Crippen LogP contribution in [0, 0.1) is 6.92 Å². The average Bonchev–Trinajstić information content (AvgIpc) is 3.31. The summed E-state index contributed by atoms with van der Waals surface area (Å²) in [6.07, 6.45) is 11.2. The van der Waals surface area contributed by atoms with Gasteiger partial charge in [0.1, 0.15) is 0 Å². The van der Waals surface area contributed by atoms with E-state index in [2.05, 4.69) is 70.0 Å². The van der Waals surface area contributed by atoms with Crippen molar-refractivity contribution < 1.29 is 0 Å². The Bertz CT molecular complexity index is 889. The first-order valence-electron chi connectivity index (χ1n) is 7.93. The summed E-state index contributed by atoms with van der Waals surface area (Å²) >= 11 is 0. The minimum absolute atomic E-state index is 0.116. The van der Waals surface area contributed by atoms with Crippen LogP contribution in [0.5, 0.6) is 0 Å². The summed E-state index contributed by atoms with van der Waals surface area (Å²) in [7, 11) is 0. The van der Waals surface area contributed by atoms with Crippen LogP contribution in [-0.4, -0.2) is 19.1 Å². The van der Waals surface area contributed by atoms with E-state index in [9.17, 15) is 0 Å². The lowest BCUT2D eigenvalue weighted by Crippen LogP contribution is -2.10. The number of rotatable bonds is 4. The first kappa shape index (κ1) is 14.5. The average molecular weight is 314 g/mol. The molecule has 24 heavy (non-hydrogen) atoms. The molecule has 0 aliphatic heterocycles. The van der Waals surface area contributed by atoms with Crippen molar-refractivity contribution in [3.63, 3.8) is 0 Å². The highest BCUT2D eigenvalue weighted by Gasteiger charge is 2.15. The van der Waals surface area contributed by atoms with Crippen molar-refractivity contribution in [2.24, 2.45) is 0 Å². The van der Waals surface area contributed by atoms with E-state index in [0.29, 0.717) is 0 Å². The van der Waals surface area contributed by atoms with Gasteiger partial charge in [0.25, 0.3) is 0 Å². The number of aryl methyl sites for hydroxylation is 1. The highest BCUT2D eigenvalue weighted by molar-refractivity contribution is 5.40. The summed E-state index contributed by atoms with van der Waals surface area (Å²) in [6.45, 7) is 2.11. The number of benzene rings is 2. The fraction of sp³-hybridized carbons (Fsp3) is 0.100. The minimum Gasteiger partial charge on any atom is -0.326 e. The maximum absolute atomic E-state index is 4.22. The quantitative estimate of drug-likeness (QED) is 0.570. The van der Waals surface area contributed by atoms with Gasteiger partial charge < -0.3 is 9.13 Å². The molecule has 0 saturated heterocycles. The van der Waals surface area contributed by atoms with Crippen molar-refractivity contribution in [2.45, 2.75) is 13.0 Å². The predicted molar refractivity (Wildman–Crippen MR) is 94.2 cm³/mol. The van der Waals surface area contributed by atoms with Crippen LogP contribution in [0.25, 0.3) is 5.69 Å². The van der Waals surface area contributed by atoms with Crippen molar-refractivity contribution >= 4 is 0 Å². The highest BCUT2D eigenvalue weighted by atomic mass is 15.1. The maximum Gasteiger partial charge on any atom is 0.0991 e. The van der Waals surface area contributed by atoms with Crippen molar-refractivity contribution in [1.82, 2.24) is 19.1 Å². The molecule has 2 aromatic carbocycles. The molecule has 0 radical (unpaired) electrons. The van der Waals surface area contributed by atoms with Crippen LogP contribution in [0.1, 0.15) is 22.7 Å². The standard InChI is InChI=1S/C20H18N4/c1-16-2-4-17(5-3-16)20(24-13-11-22-15-24)18-6-8-19(9-7-18)23-12-10-21-14-23/h2-15,20H,1H3. The van der Waals surface area contributed by atoms with Gasteiger partial charge in [0.15, 0.2) is 0 Å². The topological polar surface area (TPSA) is 35.6 Å². The normalized spacial score (nSPS) is 12.2. The third kappa shape index (κ3) is 2.74. The van der Waals surface area contributed by atoms with Crippen LogP contribution in [-0.2, 0) is 0 Å². The SMILES string of the molecule is Cc1ccc(C(c2ccc(-n3ccnc3)cc2)n2ccnc2)cc1. The Kier molecular flexibility index (Phi) is 3.71. The lowest BCUT2D eigenvalue weighted by molar-refractivity contribution is 0.676. The minimum atomic E-state index is 0.116. The molecule has 118 valence electrons. The third-order valence-electron chi connectivity index (χ3n) is 4.23. The smallest absolute Gasteiger partial charge is 0.0991 e. The van der Waals surface area contributed by atoms with Gasteiger partial charge in [-0.2, -0.15) is 0 Å². The van der Waals surface area contributed by atoms with Gasteiger partial charge in [-0.25, -0.2) is 9.97 Å². The Hall–Kier alpha value is -3.14. The van der Waals surface area contributed by atoms with E-state index < -0.39 is 0 Å². The molecule has 4 heteroatoms. The number of hydrogen-bond donors (Lipinski definition) is 0. The van der Waals surface area contributed by atoms with Crippen LogP contribution in [0.4, 0.5) is 0 Å². The summed E-state index contributed by atoms with van der Waals surface area (Å²) in [5.41, 5.74) is 4.83. The Morgan fingerprint density at radius 2 is 1.38 bits per heavy atom. The molecule has 1 atom stereocenters. The molecule has 2 heterocycles. The van der Waals surface area contributed by atoms with E-state index in [0.717, 1.165) is 5.69 Å². The van der Waals surface area contributed by atoms with Crippen molar-refractivity contribution in [1.29, 1.82) is 0 Å². The number of imidazole rings is 2. The molecule has 2 aromatic heterocycles. The van der Waals surface area contributed by atoms with Crippen molar-refractivity contribution in [3.05, 3.63) is 103 Å². The van der Waals surface area contributed by atoms with Gasteiger partial charge in [-0.3, -0.25) is 0 Å². The summed E-state index contributed by atoms with van der Waals surface area (Å²) in [5, 5.41) is 0. The lowest BCUT2D eigenvalue weighted by Gasteiger charge is -2.20. The van der Waals surface area contributed by atoms with Crippen molar-refractivity contribution in [3.8, 4) is 5.69 Å². The molecular formula is C20H18N4. The van der Waals surface area contributed by atoms with E-state index in [4.69, 9.17) is 0 Å². The van der Waals surface area contributed by atoms with E-state index in [1.54, 1.807) is 6.20 Å².